The van der Waals surface area contributed by atoms with Crippen molar-refractivity contribution in [2.75, 3.05) is 13.2 Å². The van der Waals surface area contributed by atoms with Gasteiger partial charge in [-0.2, -0.15) is 17.6 Å². The van der Waals surface area contributed by atoms with Gasteiger partial charge in [0.15, 0.2) is 12.3 Å². The number of ether oxygens (including phenoxy) is 1. The molecule has 0 aromatic rings. The predicted octanol–water partition coefficient (Wildman–Crippen LogP) is 3.48. The average Bonchev–Trinajstić information content (AvgIpc) is 2.27. The summed E-state index contributed by atoms with van der Waals surface area (Å²) in [6.07, 6.45) is -15.9. The largest absolute Gasteiger partial charge is 0.375 e. The van der Waals surface area contributed by atoms with Gasteiger partial charge in [-0.3, -0.25) is 0 Å². The third-order valence-corrected chi connectivity index (χ3v) is 1.95. The van der Waals surface area contributed by atoms with Gasteiger partial charge in [0.2, 0.25) is 0 Å². The molecule has 0 bridgehead atoms. The normalized spacial score (nSPS) is 17.1. The fourth-order valence-electron chi connectivity index (χ4n) is 0.771. The predicted molar refractivity (Wildman–Crippen MR) is 42.5 cm³/mol. The van der Waals surface area contributed by atoms with Gasteiger partial charge >= 0.3 is 24.7 Å². The molecule has 0 aliphatic carbocycles. The van der Waals surface area contributed by atoms with Crippen LogP contribution in [-0.4, -0.2) is 50.3 Å². The van der Waals surface area contributed by atoms with Crippen LogP contribution in [-0.2, 0) is 4.74 Å². The molecule has 1 nitrogen and oxygen atoms in total. The molecule has 0 amide bonds. The van der Waals surface area contributed by atoms with Crippen molar-refractivity contribution in [2.24, 2.45) is 0 Å². The minimum absolute atomic E-state index is 1.84. The Kier molecular flexibility index (Phi) is 6.36. The molecule has 0 aliphatic heterocycles. The second-order valence-corrected chi connectivity index (χ2v) is 3.42. The van der Waals surface area contributed by atoms with Crippen LogP contribution in [0.25, 0.3) is 0 Å². The zero-order valence-corrected chi connectivity index (χ0v) is 8.91. The van der Waals surface area contributed by atoms with Gasteiger partial charge < -0.3 is 4.74 Å². The Morgan fingerprint density at radius 1 is 0.632 bits per heavy atom. The van der Waals surface area contributed by atoms with Gasteiger partial charge in [-0.25, -0.2) is 26.3 Å². The standard InChI is InChI=1S/C8H8F10O/c9-3(7(15,16)5(11)12)1-19-2-4(10)8(17,18)6(13)14/h3-6H,1-2H2. The molecule has 11 heteroatoms. The molecular weight excluding hydrogens is 302 g/mol. The Labute approximate surface area is 100 Å². The summed E-state index contributed by atoms with van der Waals surface area (Å²) in [6, 6.07) is 0. The zero-order valence-electron chi connectivity index (χ0n) is 8.91. The van der Waals surface area contributed by atoms with Crippen LogP contribution in [0.1, 0.15) is 0 Å². The van der Waals surface area contributed by atoms with Crippen LogP contribution < -0.4 is 0 Å². The van der Waals surface area contributed by atoms with Crippen molar-refractivity contribution in [3.05, 3.63) is 0 Å². The van der Waals surface area contributed by atoms with Crippen LogP contribution in [0.2, 0.25) is 0 Å². The summed E-state index contributed by atoms with van der Waals surface area (Å²) in [5.41, 5.74) is 0. The lowest BCUT2D eigenvalue weighted by Crippen LogP contribution is -2.43. The molecule has 0 aromatic carbocycles. The van der Waals surface area contributed by atoms with Crippen molar-refractivity contribution in [3.63, 3.8) is 0 Å². The van der Waals surface area contributed by atoms with Gasteiger partial charge in [-0.05, 0) is 0 Å². The Morgan fingerprint density at radius 2 is 0.895 bits per heavy atom. The molecule has 0 heterocycles. The van der Waals surface area contributed by atoms with E-state index in [-0.39, 0.29) is 0 Å². The first-order chi connectivity index (χ1) is 8.44. The SMILES string of the molecule is FC(F)C(F)(F)C(F)COCC(F)C(F)(F)C(F)F. The molecule has 0 rings (SSSR count). The molecule has 0 aromatic heterocycles. The lowest BCUT2D eigenvalue weighted by Gasteiger charge is -2.22. The van der Waals surface area contributed by atoms with E-state index in [1.165, 1.54) is 0 Å². The quantitative estimate of drug-likeness (QED) is 0.624. The maximum Gasteiger partial charge on any atom is 0.340 e. The topological polar surface area (TPSA) is 9.23 Å². The Hall–Kier alpha value is -0.740. The van der Waals surface area contributed by atoms with Crippen molar-refractivity contribution in [1.29, 1.82) is 0 Å². The molecular formula is C8H8F10O. The Balaban J connectivity index is 4.25. The summed E-state index contributed by atoms with van der Waals surface area (Å²) in [7, 11) is 0. The average molecular weight is 310 g/mol. The van der Waals surface area contributed by atoms with Crippen LogP contribution in [0.4, 0.5) is 43.9 Å². The fraction of sp³-hybridized carbons (Fsp3) is 1.00. The third kappa shape index (κ3) is 4.69. The van der Waals surface area contributed by atoms with Crippen LogP contribution >= 0.6 is 0 Å². The second-order valence-electron chi connectivity index (χ2n) is 3.42. The monoisotopic (exact) mass is 310 g/mol. The minimum atomic E-state index is -5.11. The molecule has 0 saturated carbocycles. The highest BCUT2D eigenvalue weighted by atomic mass is 19.3. The zero-order chi connectivity index (χ0) is 15.4. The maximum atomic E-state index is 12.5. The fourth-order valence-corrected chi connectivity index (χ4v) is 0.771. The molecule has 0 N–H and O–H groups in total. The summed E-state index contributed by atoms with van der Waals surface area (Å²) in [6.45, 7) is -3.67. The summed E-state index contributed by atoms with van der Waals surface area (Å²) in [5.74, 6) is -10.2. The van der Waals surface area contributed by atoms with Crippen molar-refractivity contribution in [1.82, 2.24) is 0 Å². The Morgan fingerprint density at radius 3 is 1.11 bits per heavy atom. The first-order valence-corrected chi connectivity index (χ1v) is 4.61. The van der Waals surface area contributed by atoms with Gasteiger partial charge in [0, 0.05) is 0 Å². The molecule has 116 valence electrons. The second kappa shape index (κ2) is 6.62. The van der Waals surface area contributed by atoms with E-state index in [0.717, 1.165) is 0 Å². The first kappa shape index (κ1) is 18.3. The van der Waals surface area contributed by atoms with Crippen molar-refractivity contribution >= 4 is 0 Å². The summed E-state index contributed by atoms with van der Waals surface area (Å²) in [4.78, 5) is 0. The molecule has 2 unspecified atom stereocenters. The van der Waals surface area contributed by atoms with Crippen molar-refractivity contribution in [2.45, 2.75) is 37.0 Å². The number of rotatable bonds is 8. The highest BCUT2D eigenvalue weighted by molar-refractivity contribution is 4.81. The summed E-state index contributed by atoms with van der Waals surface area (Å²) >= 11 is 0. The van der Waals surface area contributed by atoms with E-state index in [1.807, 2.05) is 0 Å². The number of hydrogen-bond acceptors (Lipinski definition) is 1. The number of halogens is 10. The molecule has 2 atom stereocenters. The Bertz CT molecular complexity index is 242. The van der Waals surface area contributed by atoms with E-state index in [1.54, 1.807) is 0 Å². The molecule has 0 radical (unpaired) electrons. The van der Waals surface area contributed by atoms with Gasteiger partial charge in [0.1, 0.15) is 0 Å². The molecule has 19 heavy (non-hydrogen) atoms. The van der Waals surface area contributed by atoms with E-state index in [9.17, 15) is 43.9 Å². The van der Waals surface area contributed by atoms with Gasteiger partial charge in [-0.1, -0.05) is 0 Å². The molecule has 0 aliphatic rings. The van der Waals surface area contributed by atoms with Gasteiger partial charge in [0.05, 0.1) is 13.2 Å². The number of hydrogen-bond donors (Lipinski definition) is 0. The van der Waals surface area contributed by atoms with Crippen LogP contribution in [0.3, 0.4) is 0 Å². The summed E-state index contributed by atoms with van der Waals surface area (Å²) in [5, 5.41) is 0. The highest BCUT2D eigenvalue weighted by Crippen LogP contribution is 2.31. The van der Waals surface area contributed by atoms with E-state index < -0.39 is 50.3 Å². The van der Waals surface area contributed by atoms with Crippen molar-refractivity contribution in [3.8, 4) is 0 Å². The highest BCUT2D eigenvalue weighted by Gasteiger charge is 2.51. The van der Waals surface area contributed by atoms with Crippen molar-refractivity contribution < 1.29 is 48.6 Å². The third-order valence-electron chi connectivity index (χ3n) is 1.95. The minimum Gasteiger partial charge on any atom is -0.375 e. The molecule has 0 fully saturated rings. The van der Waals surface area contributed by atoms with Crippen LogP contribution in [0, 0.1) is 0 Å². The van der Waals surface area contributed by atoms with E-state index in [2.05, 4.69) is 4.74 Å². The lowest BCUT2D eigenvalue weighted by molar-refractivity contribution is -0.199. The first-order valence-electron chi connectivity index (χ1n) is 4.61. The van der Waals surface area contributed by atoms with Gasteiger partial charge in [-0.15, -0.1) is 0 Å². The molecule has 0 spiro atoms. The maximum absolute atomic E-state index is 12.5. The number of alkyl halides is 10. The van der Waals surface area contributed by atoms with E-state index in [0.29, 0.717) is 0 Å². The lowest BCUT2D eigenvalue weighted by atomic mass is 10.2. The molecule has 0 saturated heterocycles. The summed E-state index contributed by atoms with van der Waals surface area (Å²) < 4.78 is 124. The van der Waals surface area contributed by atoms with Gasteiger partial charge in [0.25, 0.3) is 0 Å². The smallest absolute Gasteiger partial charge is 0.340 e. The van der Waals surface area contributed by atoms with E-state index >= 15 is 0 Å². The van der Waals surface area contributed by atoms with Crippen LogP contribution in [0.15, 0.2) is 0 Å². The van der Waals surface area contributed by atoms with Crippen LogP contribution in [0.5, 0.6) is 0 Å². The van der Waals surface area contributed by atoms with E-state index in [4.69, 9.17) is 0 Å².